The van der Waals surface area contributed by atoms with Gasteiger partial charge >= 0.3 is 6.11 Å². The van der Waals surface area contributed by atoms with E-state index < -0.39 is 29.1 Å². The maximum Gasteiger partial charge on any atom is 0.429 e. The predicted octanol–water partition coefficient (Wildman–Crippen LogP) is 11.3. The molecule has 228 valence electrons. The van der Waals surface area contributed by atoms with E-state index >= 15 is 8.78 Å². The lowest BCUT2D eigenvalue weighted by Gasteiger charge is -2.29. The molecule has 0 amide bonds. The summed E-state index contributed by atoms with van der Waals surface area (Å²) in [6, 6.07) is 18.9. The summed E-state index contributed by atoms with van der Waals surface area (Å²) in [5.41, 5.74) is 0.826. The minimum absolute atomic E-state index is 0.0109. The molecule has 5 rings (SSSR count). The van der Waals surface area contributed by atoms with Crippen molar-refractivity contribution < 1.29 is 26.7 Å². The lowest BCUT2D eigenvalue weighted by molar-refractivity contribution is -0.187. The van der Waals surface area contributed by atoms with Gasteiger partial charge in [0.2, 0.25) is 0 Å². The number of rotatable bonds is 10. The number of nitrogens with zero attached hydrogens (tertiary/aromatic N) is 1. The van der Waals surface area contributed by atoms with E-state index in [0.717, 1.165) is 49.3 Å². The van der Waals surface area contributed by atoms with Gasteiger partial charge in [0.15, 0.2) is 0 Å². The molecule has 0 atom stereocenters. The molecule has 0 spiro atoms. The van der Waals surface area contributed by atoms with Gasteiger partial charge in [-0.05, 0) is 103 Å². The van der Waals surface area contributed by atoms with Gasteiger partial charge < -0.3 is 4.74 Å². The smallest absolute Gasteiger partial charge is 0.429 e. The molecular formula is C37H34F5NO. The number of ether oxygens (including phenoxy) is 1. The van der Waals surface area contributed by atoms with E-state index in [2.05, 4.69) is 6.92 Å². The molecule has 0 bridgehead atoms. The summed E-state index contributed by atoms with van der Waals surface area (Å²) in [5, 5.41) is 8.85. The van der Waals surface area contributed by atoms with Crippen molar-refractivity contribution in [2.24, 2.45) is 5.92 Å². The molecular weight excluding hydrogens is 569 g/mol. The number of nitriles is 1. The van der Waals surface area contributed by atoms with Crippen LogP contribution in [-0.4, -0.2) is 0 Å². The Morgan fingerprint density at radius 2 is 1.36 bits per heavy atom. The molecule has 2 nitrogen and oxygen atoms in total. The van der Waals surface area contributed by atoms with Crippen molar-refractivity contribution in [3.05, 3.63) is 113 Å². The highest BCUT2D eigenvalue weighted by Gasteiger charge is 2.38. The first-order valence-electron chi connectivity index (χ1n) is 15.1. The zero-order valence-corrected chi connectivity index (χ0v) is 24.6. The maximum absolute atomic E-state index is 15.3. The van der Waals surface area contributed by atoms with Crippen molar-refractivity contribution in [1.82, 2.24) is 0 Å². The van der Waals surface area contributed by atoms with Crippen LogP contribution in [0.15, 0.2) is 78.9 Å². The summed E-state index contributed by atoms with van der Waals surface area (Å²) in [5.74, 6) is -1.61. The second-order valence-electron chi connectivity index (χ2n) is 11.6. The second kappa shape index (κ2) is 13.6. The Hall–Kier alpha value is -4.18. The third-order valence-electron chi connectivity index (χ3n) is 8.63. The highest BCUT2D eigenvalue weighted by Crippen LogP contribution is 2.40. The summed E-state index contributed by atoms with van der Waals surface area (Å²) in [4.78, 5) is 0. The van der Waals surface area contributed by atoms with Crippen LogP contribution in [0.1, 0.15) is 80.9 Å². The van der Waals surface area contributed by atoms with Crippen molar-refractivity contribution in [3.8, 4) is 34.1 Å². The number of unbranched alkanes of at least 4 members (excludes halogenated alkanes) is 2. The van der Waals surface area contributed by atoms with Crippen LogP contribution >= 0.6 is 0 Å². The Labute approximate surface area is 255 Å². The minimum Gasteiger partial charge on any atom is -0.429 e. The maximum atomic E-state index is 15.3. The Morgan fingerprint density at radius 1 is 0.750 bits per heavy atom. The number of hydrogen-bond donors (Lipinski definition) is 0. The average Bonchev–Trinajstić information content (AvgIpc) is 3.01. The summed E-state index contributed by atoms with van der Waals surface area (Å²) in [6.45, 7) is 2.21. The molecule has 4 aromatic rings. The van der Waals surface area contributed by atoms with Crippen LogP contribution in [0, 0.1) is 34.7 Å². The first-order valence-corrected chi connectivity index (χ1v) is 15.1. The molecule has 7 heteroatoms. The van der Waals surface area contributed by atoms with E-state index in [-0.39, 0.29) is 28.0 Å². The van der Waals surface area contributed by atoms with Crippen molar-refractivity contribution in [3.63, 3.8) is 0 Å². The molecule has 1 saturated carbocycles. The third-order valence-corrected chi connectivity index (χ3v) is 8.63. The standard InChI is InChI=1S/C37H34F5NO/c1-2-3-4-5-24-6-10-26(11-7-24)27-12-17-31(34(38)20-27)28-13-18-32(35(39)21-28)29-14-19-33(36(40)22-29)37(41,42)44-30-15-8-25(23-43)9-16-30/h8-9,12-22,24,26H,2-7,10-11H2,1H3. The van der Waals surface area contributed by atoms with Gasteiger partial charge in [-0.2, -0.15) is 14.0 Å². The Kier molecular flexibility index (Phi) is 9.68. The molecule has 0 heterocycles. The fraction of sp³-hybridized carbons (Fsp3) is 0.324. The lowest BCUT2D eigenvalue weighted by Crippen LogP contribution is -2.23. The molecule has 1 aliphatic carbocycles. The average molecular weight is 604 g/mol. The van der Waals surface area contributed by atoms with Gasteiger partial charge in [-0.25, -0.2) is 13.2 Å². The van der Waals surface area contributed by atoms with Gasteiger partial charge in [-0.1, -0.05) is 62.9 Å². The predicted molar refractivity (Wildman–Crippen MR) is 162 cm³/mol. The SMILES string of the molecule is CCCCCC1CCC(c2ccc(-c3ccc(-c4ccc(C(F)(F)Oc5ccc(C#N)cc5)c(F)c4)c(F)c3)c(F)c2)CC1. The first-order chi connectivity index (χ1) is 21.2. The summed E-state index contributed by atoms with van der Waals surface area (Å²) < 4.78 is 79.6. The van der Waals surface area contributed by atoms with Gasteiger partial charge in [0, 0.05) is 11.1 Å². The van der Waals surface area contributed by atoms with Gasteiger partial charge in [-0.15, -0.1) is 0 Å². The first kappa shape index (κ1) is 31.3. The van der Waals surface area contributed by atoms with Gasteiger partial charge in [0.05, 0.1) is 17.2 Å². The number of hydrogen-bond acceptors (Lipinski definition) is 2. The number of alkyl halides is 2. The molecule has 0 radical (unpaired) electrons. The summed E-state index contributed by atoms with van der Waals surface area (Å²) in [6.07, 6.45) is 5.43. The third kappa shape index (κ3) is 7.13. The Bertz CT molecular complexity index is 1640. The Morgan fingerprint density at radius 3 is 1.95 bits per heavy atom. The lowest BCUT2D eigenvalue weighted by atomic mass is 9.77. The minimum atomic E-state index is -4.02. The van der Waals surface area contributed by atoms with Crippen molar-refractivity contribution in [2.75, 3.05) is 0 Å². The van der Waals surface area contributed by atoms with Gasteiger partial charge in [-0.3, -0.25) is 0 Å². The molecule has 0 unspecified atom stereocenters. The highest BCUT2D eigenvalue weighted by atomic mass is 19.3. The fourth-order valence-electron chi connectivity index (χ4n) is 6.12. The second-order valence-corrected chi connectivity index (χ2v) is 11.6. The molecule has 0 aromatic heterocycles. The van der Waals surface area contributed by atoms with Crippen molar-refractivity contribution >= 4 is 0 Å². The highest BCUT2D eigenvalue weighted by molar-refractivity contribution is 5.72. The summed E-state index contributed by atoms with van der Waals surface area (Å²) in [7, 11) is 0. The largest absolute Gasteiger partial charge is 0.429 e. The number of benzene rings is 4. The molecule has 0 N–H and O–H groups in total. The molecule has 0 saturated heterocycles. The van der Waals surface area contributed by atoms with E-state index in [9.17, 15) is 13.2 Å². The quantitative estimate of drug-likeness (QED) is 0.133. The van der Waals surface area contributed by atoms with Crippen LogP contribution in [0.25, 0.3) is 22.3 Å². The monoisotopic (exact) mass is 603 g/mol. The van der Waals surface area contributed by atoms with Crippen LogP contribution in [0.5, 0.6) is 5.75 Å². The molecule has 44 heavy (non-hydrogen) atoms. The molecule has 0 aliphatic heterocycles. The zero-order valence-electron chi connectivity index (χ0n) is 24.6. The van der Waals surface area contributed by atoms with Crippen LogP contribution < -0.4 is 4.74 Å². The van der Waals surface area contributed by atoms with E-state index in [0.29, 0.717) is 11.5 Å². The summed E-state index contributed by atoms with van der Waals surface area (Å²) >= 11 is 0. The van der Waals surface area contributed by atoms with Crippen LogP contribution in [0.2, 0.25) is 0 Å². The molecule has 4 aromatic carbocycles. The zero-order chi connectivity index (χ0) is 31.3. The van der Waals surface area contributed by atoms with Crippen molar-refractivity contribution in [2.45, 2.75) is 70.3 Å². The van der Waals surface area contributed by atoms with Gasteiger partial charge in [0.25, 0.3) is 0 Å². The van der Waals surface area contributed by atoms with Crippen LogP contribution in [0.3, 0.4) is 0 Å². The molecule has 1 fully saturated rings. The topological polar surface area (TPSA) is 33.0 Å². The van der Waals surface area contributed by atoms with Gasteiger partial charge in [0.1, 0.15) is 23.2 Å². The van der Waals surface area contributed by atoms with E-state index in [1.54, 1.807) is 12.1 Å². The van der Waals surface area contributed by atoms with E-state index in [1.807, 2.05) is 12.1 Å². The number of halogens is 5. The normalized spacial score (nSPS) is 16.8. The van der Waals surface area contributed by atoms with E-state index in [1.165, 1.54) is 74.2 Å². The van der Waals surface area contributed by atoms with Crippen LogP contribution in [0.4, 0.5) is 22.0 Å². The van der Waals surface area contributed by atoms with E-state index in [4.69, 9.17) is 10.00 Å². The van der Waals surface area contributed by atoms with Crippen LogP contribution in [-0.2, 0) is 6.11 Å². The molecule has 1 aliphatic rings. The Balaban J connectivity index is 1.28. The van der Waals surface area contributed by atoms with Crippen molar-refractivity contribution in [1.29, 1.82) is 5.26 Å². The fourth-order valence-corrected chi connectivity index (χ4v) is 6.12.